The lowest BCUT2D eigenvalue weighted by molar-refractivity contribution is -0.0303. The highest BCUT2D eigenvalue weighted by Crippen LogP contribution is 2.39. The van der Waals surface area contributed by atoms with Crippen molar-refractivity contribution >= 4 is 5.91 Å². The van der Waals surface area contributed by atoms with E-state index in [1.54, 1.807) is 12.1 Å². The highest BCUT2D eigenvalue weighted by Gasteiger charge is 2.21. The Balaban J connectivity index is 1.48. The fraction of sp³-hybridized carbons (Fsp3) is 0.519. The zero-order valence-corrected chi connectivity index (χ0v) is 20.7. The van der Waals surface area contributed by atoms with E-state index in [1.807, 2.05) is 26.8 Å². The number of carbonyl (C=O) groups excluding carboxylic acids is 1. The van der Waals surface area contributed by atoms with Crippen molar-refractivity contribution in [3.05, 3.63) is 53.6 Å². The molecule has 1 fully saturated rings. The van der Waals surface area contributed by atoms with Crippen LogP contribution in [0.5, 0.6) is 17.2 Å². The average Bonchev–Trinajstić information content (AvgIpc) is 2.86. The second kappa shape index (κ2) is 13.8. The van der Waals surface area contributed by atoms with E-state index < -0.39 is 0 Å². The minimum absolute atomic E-state index is 0.133. The van der Waals surface area contributed by atoms with Crippen LogP contribution >= 0.6 is 0 Å². The van der Waals surface area contributed by atoms with Crippen LogP contribution in [0.2, 0.25) is 0 Å². The Morgan fingerprint density at radius 2 is 1.68 bits per heavy atom. The summed E-state index contributed by atoms with van der Waals surface area (Å²) >= 11 is 0. The lowest BCUT2D eigenvalue weighted by atomic mass is 10.1. The molecule has 1 saturated heterocycles. The van der Waals surface area contributed by atoms with E-state index in [-0.39, 0.29) is 12.0 Å². The van der Waals surface area contributed by atoms with Crippen molar-refractivity contribution in [3.63, 3.8) is 0 Å². The van der Waals surface area contributed by atoms with Crippen LogP contribution in [-0.4, -0.2) is 63.4 Å². The molecule has 1 aliphatic heterocycles. The molecular weight excluding hydrogens is 432 g/mol. The Bertz CT molecular complexity index is 863. The van der Waals surface area contributed by atoms with Crippen molar-refractivity contribution in [2.75, 3.05) is 52.6 Å². The third kappa shape index (κ3) is 7.37. The zero-order valence-electron chi connectivity index (χ0n) is 20.7. The molecule has 34 heavy (non-hydrogen) atoms. The molecule has 0 aliphatic carbocycles. The minimum atomic E-state index is -0.138. The first kappa shape index (κ1) is 25.8. The van der Waals surface area contributed by atoms with Crippen LogP contribution in [0.1, 0.15) is 55.6 Å². The molecule has 0 spiro atoms. The normalized spacial score (nSPS) is 16.1. The van der Waals surface area contributed by atoms with Gasteiger partial charge in [0.25, 0.3) is 5.91 Å². The molecule has 1 heterocycles. The number of carbonyl (C=O) groups is 1. The molecule has 0 bridgehead atoms. The molecule has 7 nitrogen and oxygen atoms in total. The molecule has 3 rings (SSSR count). The number of nitrogens with zero attached hydrogens (tertiary/aromatic N) is 1. The van der Waals surface area contributed by atoms with Crippen molar-refractivity contribution in [1.82, 2.24) is 10.2 Å². The summed E-state index contributed by atoms with van der Waals surface area (Å²) in [4.78, 5) is 15.2. The summed E-state index contributed by atoms with van der Waals surface area (Å²) in [5, 5.41) is 3.03. The predicted molar refractivity (Wildman–Crippen MR) is 133 cm³/mol. The molecule has 2 aromatic rings. The van der Waals surface area contributed by atoms with Gasteiger partial charge in [0.15, 0.2) is 11.5 Å². The number of hydrogen-bond donors (Lipinski definition) is 1. The molecule has 0 saturated carbocycles. The average molecular weight is 471 g/mol. The molecule has 2 aromatic carbocycles. The molecule has 186 valence electrons. The molecule has 1 atom stereocenters. The van der Waals surface area contributed by atoms with Crippen LogP contribution in [-0.2, 0) is 4.74 Å². The van der Waals surface area contributed by atoms with E-state index in [1.165, 1.54) is 5.56 Å². The van der Waals surface area contributed by atoms with Gasteiger partial charge in [0.1, 0.15) is 0 Å². The summed E-state index contributed by atoms with van der Waals surface area (Å²) in [7, 11) is 0. The quantitative estimate of drug-likeness (QED) is 0.436. The number of nitrogens with one attached hydrogen (secondary N) is 1. The topological polar surface area (TPSA) is 69.3 Å². The first-order valence-electron chi connectivity index (χ1n) is 12.4. The Morgan fingerprint density at radius 1 is 1.00 bits per heavy atom. The number of ether oxygens (including phenoxy) is 4. The largest absolute Gasteiger partial charge is 0.490 e. The van der Waals surface area contributed by atoms with Gasteiger partial charge in [0.05, 0.1) is 32.5 Å². The predicted octanol–water partition coefficient (Wildman–Crippen LogP) is 4.47. The summed E-state index contributed by atoms with van der Waals surface area (Å²) < 4.78 is 23.1. The molecule has 0 radical (unpaired) electrons. The van der Waals surface area contributed by atoms with Crippen LogP contribution in [0.25, 0.3) is 0 Å². The summed E-state index contributed by atoms with van der Waals surface area (Å²) in [6.07, 6.45) is 2.06. The fourth-order valence-corrected chi connectivity index (χ4v) is 4.06. The molecule has 1 unspecified atom stereocenters. The maximum atomic E-state index is 12.8. The third-order valence-electron chi connectivity index (χ3n) is 5.68. The fourth-order valence-electron chi connectivity index (χ4n) is 4.06. The first-order valence-corrected chi connectivity index (χ1v) is 12.4. The minimum Gasteiger partial charge on any atom is -0.490 e. The van der Waals surface area contributed by atoms with Crippen molar-refractivity contribution in [2.24, 2.45) is 0 Å². The highest BCUT2D eigenvalue weighted by atomic mass is 16.5. The monoisotopic (exact) mass is 470 g/mol. The number of benzene rings is 2. The van der Waals surface area contributed by atoms with Crippen molar-refractivity contribution in [1.29, 1.82) is 0 Å². The lowest BCUT2D eigenvalue weighted by Gasteiger charge is -2.33. The molecule has 1 N–H and O–H groups in total. The zero-order chi connectivity index (χ0) is 24.2. The number of amides is 1. The van der Waals surface area contributed by atoms with E-state index in [2.05, 4.69) is 34.5 Å². The van der Waals surface area contributed by atoms with Gasteiger partial charge in [0, 0.05) is 25.2 Å². The SMILES string of the molecule is CCOc1cc(C(=O)NCCCCN2CCOC(c3ccccc3)C2)cc(OCC)c1OCC. The van der Waals surface area contributed by atoms with Crippen LogP contribution in [0.3, 0.4) is 0 Å². The number of hydrogen-bond acceptors (Lipinski definition) is 6. The van der Waals surface area contributed by atoms with Gasteiger partial charge >= 0.3 is 0 Å². The van der Waals surface area contributed by atoms with Gasteiger partial charge in [-0.25, -0.2) is 0 Å². The maximum Gasteiger partial charge on any atom is 0.251 e. The summed E-state index contributed by atoms with van der Waals surface area (Å²) in [5.41, 5.74) is 1.74. The Labute approximate surface area is 203 Å². The molecule has 0 aromatic heterocycles. The van der Waals surface area contributed by atoms with E-state index >= 15 is 0 Å². The van der Waals surface area contributed by atoms with Gasteiger partial charge in [-0.15, -0.1) is 0 Å². The maximum absolute atomic E-state index is 12.8. The van der Waals surface area contributed by atoms with Gasteiger partial charge < -0.3 is 24.3 Å². The van der Waals surface area contributed by atoms with Crippen LogP contribution < -0.4 is 19.5 Å². The number of unbranched alkanes of at least 4 members (excludes halogenated alkanes) is 1. The first-order chi connectivity index (χ1) is 16.7. The van der Waals surface area contributed by atoms with E-state index in [0.717, 1.165) is 39.1 Å². The standard InChI is InChI=1S/C27H38N2O5/c1-4-31-23-18-22(19-24(32-5-2)26(23)33-6-3)27(30)28-14-10-11-15-29-16-17-34-25(20-29)21-12-8-7-9-13-21/h7-9,12-13,18-19,25H,4-6,10-11,14-17,20H2,1-3H3,(H,28,30). The second-order valence-corrected chi connectivity index (χ2v) is 8.13. The Hall–Kier alpha value is -2.77. The summed E-state index contributed by atoms with van der Waals surface area (Å²) in [5.74, 6) is 1.46. The third-order valence-corrected chi connectivity index (χ3v) is 5.68. The van der Waals surface area contributed by atoms with Gasteiger partial charge in [-0.05, 0) is 57.9 Å². The lowest BCUT2D eigenvalue weighted by Crippen LogP contribution is -2.39. The van der Waals surface area contributed by atoms with Gasteiger partial charge in [-0.2, -0.15) is 0 Å². The molecule has 1 aliphatic rings. The van der Waals surface area contributed by atoms with Crippen LogP contribution in [0.4, 0.5) is 0 Å². The second-order valence-electron chi connectivity index (χ2n) is 8.13. The Morgan fingerprint density at radius 3 is 2.32 bits per heavy atom. The molecule has 7 heteroatoms. The summed E-state index contributed by atoms with van der Waals surface area (Å²) in [6.45, 7) is 11.4. The number of rotatable bonds is 13. The van der Waals surface area contributed by atoms with E-state index in [0.29, 0.717) is 49.2 Å². The van der Waals surface area contributed by atoms with Crippen LogP contribution in [0.15, 0.2) is 42.5 Å². The van der Waals surface area contributed by atoms with Gasteiger partial charge in [-0.1, -0.05) is 30.3 Å². The van der Waals surface area contributed by atoms with Gasteiger partial charge in [0.2, 0.25) is 5.75 Å². The number of morpholine rings is 1. The Kier molecular flexibility index (Phi) is 10.5. The summed E-state index contributed by atoms with van der Waals surface area (Å²) in [6, 6.07) is 13.8. The molecular formula is C27H38N2O5. The highest BCUT2D eigenvalue weighted by molar-refractivity contribution is 5.95. The van der Waals surface area contributed by atoms with E-state index in [9.17, 15) is 4.79 Å². The van der Waals surface area contributed by atoms with E-state index in [4.69, 9.17) is 18.9 Å². The van der Waals surface area contributed by atoms with Gasteiger partial charge in [-0.3, -0.25) is 9.69 Å². The van der Waals surface area contributed by atoms with Crippen LogP contribution in [0, 0.1) is 0 Å². The van der Waals surface area contributed by atoms with Crippen molar-refractivity contribution < 1.29 is 23.7 Å². The van der Waals surface area contributed by atoms with Crippen molar-refractivity contribution in [2.45, 2.75) is 39.7 Å². The molecule has 1 amide bonds. The smallest absolute Gasteiger partial charge is 0.251 e. The van der Waals surface area contributed by atoms with Crippen molar-refractivity contribution in [3.8, 4) is 17.2 Å².